The van der Waals surface area contributed by atoms with Crippen LogP contribution in [0.4, 0.5) is 8.78 Å². The van der Waals surface area contributed by atoms with Crippen molar-refractivity contribution >= 4 is 11.6 Å². The Kier molecular flexibility index (Phi) is 3.00. The molecule has 4 heteroatoms. The Morgan fingerprint density at radius 2 is 2.17 bits per heavy atom. The van der Waals surface area contributed by atoms with Gasteiger partial charge in [-0.25, -0.2) is 8.78 Å². The Balaban J connectivity index is 3.12. The third kappa shape index (κ3) is 1.73. The summed E-state index contributed by atoms with van der Waals surface area (Å²) in [5.41, 5.74) is 5.34. The van der Waals surface area contributed by atoms with E-state index in [0.717, 1.165) is 0 Å². The van der Waals surface area contributed by atoms with Crippen molar-refractivity contribution in [3.05, 3.63) is 34.6 Å². The lowest BCUT2D eigenvalue weighted by Gasteiger charge is -2.09. The molecule has 0 amide bonds. The number of benzene rings is 1. The Morgan fingerprint density at radius 3 is 2.67 bits per heavy atom. The first-order valence-electron chi connectivity index (χ1n) is 3.42. The lowest BCUT2D eigenvalue weighted by atomic mass is 10.1. The molecular formula is C8H8ClF2N. The third-order valence-electron chi connectivity index (χ3n) is 1.54. The molecule has 0 aliphatic heterocycles. The van der Waals surface area contributed by atoms with Crippen molar-refractivity contribution in [1.82, 2.24) is 0 Å². The zero-order chi connectivity index (χ0) is 9.14. The van der Waals surface area contributed by atoms with E-state index in [0.29, 0.717) is 0 Å². The van der Waals surface area contributed by atoms with E-state index in [-0.39, 0.29) is 10.6 Å². The van der Waals surface area contributed by atoms with E-state index in [2.05, 4.69) is 0 Å². The van der Waals surface area contributed by atoms with Crippen molar-refractivity contribution in [2.75, 3.05) is 6.67 Å². The van der Waals surface area contributed by atoms with Gasteiger partial charge < -0.3 is 5.73 Å². The molecule has 0 aliphatic rings. The second-order valence-electron chi connectivity index (χ2n) is 2.40. The molecule has 0 aliphatic carbocycles. The van der Waals surface area contributed by atoms with Crippen molar-refractivity contribution < 1.29 is 8.78 Å². The van der Waals surface area contributed by atoms with Crippen molar-refractivity contribution in [3.8, 4) is 0 Å². The van der Waals surface area contributed by atoms with Gasteiger partial charge >= 0.3 is 0 Å². The van der Waals surface area contributed by atoms with Crippen LogP contribution in [0.25, 0.3) is 0 Å². The minimum Gasteiger partial charge on any atom is -0.322 e. The summed E-state index contributed by atoms with van der Waals surface area (Å²) in [5.74, 6) is -0.562. The maximum Gasteiger partial charge on any atom is 0.129 e. The fourth-order valence-electron chi connectivity index (χ4n) is 0.942. The molecule has 0 heterocycles. The smallest absolute Gasteiger partial charge is 0.129 e. The number of nitrogens with two attached hydrogens (primary N) is 1. The van der Waals surface area contributed by atoms with Crippen LogP contribution in [-0.2, 0) is 0 Å². The minimum atomic E-state index is -0.973. The summed E-state index contributed by atoms with van der Waals surface area (Å²) < 4.78 is 25.0. The van der Waals surface area contributed by atoms with Gasteiger partial charge in [0.25, 0.3) is 0 Å². The summed E-state index contributed by atoms with van der Waals surface area (Å²) in [6.07, 6.45) is 0. The molecule has 0 aromatic heterocycles. The van der Waals surface area contributed by atoms with Gasteiger partial charge in [0.2, 0.25) is 0 Å². The molecule has 0 spiro atoms. The third-order valence-corrected chi connectivity index (χ3v) is 1.87. The first kappa shape index (κ1) is 9.42. The minimum absolute atomic E-state index is 0.0432. The van der Waals surface area contributed by atoms with Gasteiger partial charge in [-0.1, -0.05) is 17.7 Å². The van der Waals surface area contributed by atoms with Crippen molar-refractivity contribution in [2.24, 2.45) is 5.73 Å². The number of alkyl halides is 1. The predicted octanol–water partition coefficient (Wildman–Crippen LogP) is 2.45. The molecule has 0 unspecified atom stereocenters. The highest BCUT2D eigenvalue weighted by molar-refractivity contribution is 6.31. The molecule has 1 aromatic rings. The Hall–Kier alpha value is -0.670. The summed E-state index contributed by atoms with van der Waals surface area (Å²) in [4.78, 5) is 0. The molecule has 1 aromatic carbocycles. The van der Waals surface area contributed by atoms with Gasteiger partial charge in [-0.2, -0.15) is 0 Å². The van der Waals surface area contributed by atoms with Crippen molar-refractivity contribution in [1.29, 1.82) is 0 Å². The molecule has 0 bridgehead atoms. The zero-order valence-electron chi connectivity index (χ0n) is 6.23. The largest absolute Gasteiger partial charge is 0.322 e. The van der Waals surface area contributed by atoms with E-state index in [1.807, 2.05) is 0 Å². The van der Waals surface area contributed by atoms with Crippen LogP contribution in [0.15, 0.2) is 18.2 Å². The van der Waals surface area contributed by atoms with Crippen LogP contribution in [0.1, 0.15) is 11.6 Å². The highest BCUT2D eigenvalue weighted by Crippen LogP contribution is 2.24. The molecule has 66 valence electrons. The fourth-order valence-corrected chi connectivity index (χ4v) is 1.25. The summed E-state index contributed by atoms with van der Waals surface area (Å²) >= 11 is 5.62. The van der Waals surface area contributed by atoms with Gasteiger partial charge in [0.15, 0.2) is 0 Å². The first-order valence-corrected chi connectivity index (χ1v) is 3.80. The second-order valence-corrected chi connectivity index (χ2v) is 2.80. The van der Waals surface area contributed by atoms with Gasteiger partial charge in [0, 0.05) is 10.6 Å². The van der Waals surface area contributed by atoms with E-state index >= 15 is 0 Å². The van der Waals surface area contributed by atoms with E-state index < -0.39 is 18.5 Å². The molecule has 1 atom stereocenters. The highest BCUT2D eigenvalue weighted by atomic mass is 35.5. The van der Waals surface area contributed by atoms with Crippen LogP contribution in [0.3, 0.4) is 0 Å². The SMILES string of the molecule is N[C@H](CF)c1c(F)cccc1Cl. The van der Waals surface area contributed by atoms with Crippen LogP contribution in [-0.4, -0.2) is 6.67 Å². The molecule has 2 N–H and O–H groups in total. The van der Waals surface area contributed by atoms with Gasteiger partial charge in [-0.05, 0) is 12.1 Å². The average molecular weight is 192 g/mol. The molecule has 0 radical (unpaired) electrons. The van der Waals surface area contributed by atoms with E-state index in [1.54, 1.807) is 0 Å². The van der Waals surface area contributed by atoms with E-state index in [4.69, 9.17) is 17.3 Å². The number of hydrogen-bond donors (Lipinski definition) is 1. The van der Waals surface area contributed by atoms with E-state index in [9.17, 15) is 8.78 Å². The standard InChI is InChI=1S/C8H8ClF2N/c9-5-2-1-3-6(11)8(5)7(12)4-10/h1-3,7H,4,12H2/t7-/m1/s1. The molecule has 1 rings (SSSR count). The molecule has 12 heavy (non-hydrogen) atoms. The Labute approximate surface area is 74.1 Å². The summed E-state index contributed by atoms with van der Waals surface area (Å²) in [6, 6.07) is 3.16. The molecule has 0 saturated heterocycles. The highest BCUT2D eigenvalue weighted by Gasteiger charge is 2.14. The van der Waals surface area contributed by atoms with Gasteiger partial charge in [0.1, 0.15) is 12.5 Å². The van der Waals surface area contributed by atoms with Crippen molar-refractivity contribution in [3.63, 3.8) is 0 Å². The maximum atomic E-state index is 13.0. The maximum absolute atomic E-state index is 13.0. The predicted molar refractivity (Wildman–Crippen MR) is 44.3 cm³/mol. The zero-order valence-corrected chi connectivity index (χ0v) is 6.98. The topological polar surface area (TPSA) is 26.0 Å². The Morgan fingerprint density at radius 1 is 1.50 bits per heavy atom. The lowest BCUT2D eigenvalue weighted by molar-refractivity contribution is 0.427. The quantitative estimate of drug-likeness (QED) is 0.764. The van der Waals surface area contributed by atoms with Crippen molar-refractivity contribution in [2.45, 2.75) is 6.04 Å². The van der Waals surface area contributed by atoms with Gasteiger partial charge in [-0.3, -0.25) is 0 Å². The number of halogens is 3. The average Bonchev–Trinajstić information content (AvgIpc) is 2.03. The molecule has 0 fully saturated rings. The number of rotatable bonds is 2. The fraction of sp³-hybridized carbons (Fsp3) is 0.250. The normalized spacial score (nSPS) is 13.0. The summed E-state index contributed by atoms with van der Waals surface area (Å²) in [5, 5.41) is 0.167. The monoisotopic (exact) mass is 191 g/mol. The first-order chi connectivity index (χ1) is 5.66. The lowest BCUT2D eigenvalue weighted by Crippen LogP contribution is -2.14. The van der Waals surface area contributed by atoms with Crippen LogP contribution >= 0.6 is 11.6 Å². The summed E-state index contributed by atoms with van der Waals surface area (Å²) in [6.45, 7) is -0.819. The van der Waals surface area contributed by atoms with Crippen LogP contribution in [0.5, 0.6) is 0 Å². The second kappa shape index (κ2) is 3.83. The van der Waals surface area contributed by atoms with Crippen LogP contribution in [0.2, 0.25) is 5.02 Å². The van der Waals surface area contributed by atoms with Gasteiger partial charge in [-0.15, -0.1) is 0 Å². The van der Waals surface area contributed by atoms with Crippen LogP contribution in [0, 0.1) is 5.82 Å². The molecular weight excluding hydrogens is 184 g/mol. The summed E-state index contributed by atoms with van der Waals surface area (Å²) in [7, 11) is 0. The number of hydrogen-bond acceptors (Lipinski definition) is 1. The van der Waals surface area contributed by atoms with Crippen LogP contribution < -0.4 is 5.73 Å². The van der Waals surface area contributed by atoms with Gasteiger partial charge in [0.05, 0.1) is 6.04 Å². The molecule has 1 nitrogen and oxygen atoms in total. The molecule has 0 saturated carbocycles. The Bertz CT molecular complexity index is 258. The van der Waals surface area contributed by atoms with E-state index in [1.165, 1.54) is 18.2 Å².